The molecule has 0 aromatic heterocycles. The van der Waals surface area contributed by atoms with Crippen LogP contribution in [0.3, 0.4) is 0 Å². The van der Waals surface area contributed by atoms with E-state index in [-0.39, 0.29) is 0 Å². The van der Waals surface area contributed by atoms with E-state index in [0.29, 0.717) is 6.04 Å². The highest BCUT2D eigenvalue weighted by Gasteiger charge is 2.32. The predicted molar refractivity (Wildman–Crippen MR) is 77.7 cm³/mol. The monoisotopic (exact) mass is 253 g/mol. The van der Waals surface area contributed by atoms with E-state index >= 15 is 0 Å². The number of hydrogen-bond acceptors (Lipinski definition) is 3. The van der Waals surface area contributed by atoms with Crippen molar-refractivity contribution in [3.05, 3.63) is 0 Å². The van der Waals surface area contributed by atoms with Crippen LogP contribution in [0.4, 0.5) is 0 Å². The Labute approximate surface area is 113 Å². The molecule has 1 saturated heterocycles. The van der Waals surface area contributed by atoms with Crippen LogP contribution >= 0.6 is 0 Å². The van der Waals surface area contributed by atoms with Gasteiger partial charge in [0, 0.05) is 18.6 Å². The Balaban J connectivity index is 2.05. The minimum Gasteiger partial charge on any atom is -0.330 e. The number of rotatable bonds is 2. The SMILES string of the molecule is CC1CN(C)CCCN1C1CCCCCC1CN. The summed E-state index contributed by atoms with van der Waals surface area (Å²) < 4.78 is 0. The fourth-order valence-corrected chi connectivity index (χ4v) is 3.96. The van der Waals surface area contributed by atoms with Crippen molar-refractivity contribution in [2.24, 2.45) is 11.7 Å². The summed E-state index contributed by atoms with van der Waals surface area (Å²) in [5.74, 6) is 0.735. The average molecular weight is 253 g/mol. The van der Waals surface area contributed by atoms with Crippen molar-refractivity contribution >= 4 is 0 Å². The summed E-state index contributed by atoms with van der Waals surface area (Å²) in [5, 5.41) is 0. The normalized spacial score (nSPS) is 37.2. The van der Waals surface area contributed by atoms with Gasteiger partial charge < -0.3 is 10.6 Å². The largest absolute Gasteiger partial charge is 0.330 e. The third-order valence-corrected chi connectivity index (χ3v) is 4.95. The molecule has 0 spiro atoms. The maximum atomic E-state index is 6.04. The van der Waals surface area contributed by atoms with Gasteiger partial charge in [0.1, 0.15) is 0 Å². The highest BCUT2D eigenvalue weighted by Crippen LogP contribution is 2.29. The Hall–Kier alpha value is -0.120. The Kier molecular flexibility index (Phi) is 5.46. The number of hydrogen-bond donors (Lipinski definition) is 1. The minimum absolute atomic E-state index is 0.689. The van der Waals surface area contributed by atoms with Crippen molar-refractivity contribution < 1.29 is 0 Å². The molecule has 1 saturated carbocycles. The van der Waals surface area contributed by atoms with Crippen LogP contribution in [-0.4, -0.2) is 55.1 Å². The lowest BCUT2D eigenvalue weighted by Gasteiger charge is -2.39. The topological polar surface area (TPSA) is 32.5 Å². The summed E-state index contributed by atoms with van der Waals surface area (Å²) in [6, 6.07) is 1.44. The zero-order valence-corrected chi connectivity index (χ0v) is 12.3. The van der Waals surface area contributed by atoms with Crippen LogP contribution in [0, 0.1) is 5.92 Å². The fraction of sp³-hybridized carbons (Fsp3) is 1.00. The summed E-state index contributed by atoms with van der Waals surface area (Å²) >= 11 is 0. The van der Waals surface area contributed by atoms with Crippen LogP contribution in [0.25, 0.3) is 0 Å². The first-order valence-corrected chi connectivity index (χ1v) is 7.86. The molecule has 3 atom stereocenters. The maximum absolute atomic E-state index is 6.04. The third-order valence-electron chi connectivity index (χ3n) is 4.95. The molecule has 2 aliphatic rings. The van der Waals surface area contributed by atoms with Gasteiger partial charge in [0.2, 0.25) is 0 Å². The minimum atomic E-state index is 0.689. The van der Waals surface area contributed by atoms with Crippen molar-refractivity contribution in [2.75, 3.05) is 33.2 Å². The lowest BCUT2D eigenvalue weighted by atomic mass is 9.92. The summed E-state index contributed by atoms with van der Waals surface area (Å²) in [7, 11) is 2.26. The molecule has 18 heavy (non-hydrogen) atoms. The van der Waals surface area contributed by atoms with E-state index < -0.39 is 0 Å². The number of nitrogens with two attached hydrogens (primary N) is 1. The van der Waals surface area contributed by atoms with Crippen molar-refractivity contribution in [1.29, 1.82) is 0 Å². The second-order valence-electron chi connectivity index (χ2n) is 6.40. The van der Waals surface area contributed by atoms with E-state index in [0.717, 1.165) is 18.5 Å². The van der Waals surface area contributed by atoms with Crippen LogP contribution in [-0.2, 0) is 0 Å². The molecule has 3 unspecified atom stereocenters. The zero-order chi connectivity index (χ0) is 13.0. The molecule has 0 aromatic rings. The molecule has 3 heteroatoms. The van der Waals surface area contributed by atoms with Crippen LogP contribution in [0.1, 0.15) is 45.4 Å². The first-order valence-electron chi connectivity index (χ1n) is 7.86. The van der Waals surface area contributed by atoms with Gasteiger partial charge in [0.15, 0.2) is 0 Å². The van der Waals surface area contributed by atoms with E-state index in [1.807, 2.05) is 0 Å². The lowest BCUT2D eigenvalue weighted by Crippen LogP contribution is -2.49. The van der Waals surface area contributed by atoms with Gasteiger partial charge in [-0.25, -0.2) is 0 Å². The van der Waals surface area contributed by atoms with E-state index in [2.05, 4.69) is 23.8 Å². The summed E-state index contributed by atoms with van der Waals surface area (Å²) in [6.45, 7) is 7.02. The molecular weight excluding hydrogens is 222 g/mol. The van der Waals surface area contributed by atoms with E-state index in [4.69, 9.17) is 5.73 Å². The second-order valence-corrected chi connectivity index (χ2v) is 6.40. The molecule has 106 valence electrons. The third kappa shape index (κ3) is 3.46. The average Bonchev–Trinajstić information content (AvgIpc) is 2.66. The lowest BCUT2D eigenvalue weighted by molar-refractivity contribution is 0.0958. The molecule has 0 aromatic carbocycles. The van der Waals surface area contributed by atoms with Crippen molar-refractivity contribution in [3.8, 4) is 0 Å². The van der Waals surface area contributed by atoms with Crippen molar-refractivity contribution in [2.45, 2.75) is 57.5 Å². The molecule has 2 fully saturated rings. The van der Waals surface area contributed by atoms with Gasteiger partial charge in [-0.15, -0.1) is 0 Å². The predicted octanol–water partition coefficient (Wildman–Crippen LogP) is 1.92. The van der Waals surface area contributed by atoms with Crippen LogP contribution < -0.4 is 5.73 Å². The number of nitrogens with zero attached hydrogens (tertiary/aromatic N) is 2. The van der Waals surface area contributed by atoms with E-state index in [9.17, 15) is 0 Å². The Morgan fingerprint density at radius 1 is 1.06 bits per heavy atom. The molecule has 3 nitrogen and oxygen atoms in total. The Morgan fingerprint density at radius 3 is 2.61 bits per heavy atom. The van der Waals surface area contributed by atoms with Crippen molar-refractivity contribution in [1.82, 2.24) is 9.80 Å². The van der Waals surface area contributed by atoms with Gasteiger partial charge in [0.05, 0.1) is 0 Å². The smallest absolute Gasteiger partial charge is 0.0197 e. The summed E-state index contributed by atoms with van der Waals surface area (Å²) in [6.07, 6.45) is 8.24. The quantitative estimate of drug-likeness (QED) is 0.763. The maximum Gasteiger partial charge on any atom is 0.0197 e. The molecule has 0 amide bonds. The molecule has 2 rings (SSSR count). The van der Waals surface area contributed by atoms with Gasteiger partial charge in [-0.05, 0) is 58.8 Å². The number of likely N-dealkylation sites (N-methyl/N-ethyl adjacent to an activating group) is 1. The summed E-state index contributed by atoms with van der Waals surface area (Å²) in [5.41, 5.74) is 6.04. The van der Waals surface area contributed by atoms with Crippen LogP contribution in [0.2, 0.25) is 0 Å². The molecule has 0 bridgehead atoms. The first-order chi connectivity index (χ1) is 8.72. The highest BCUT2D eigenvalue weighted by atomic mass is 15.2. The fourth-order valence-electron chi connectivity index (χ4n) is 3.96. The zero-order valence-electron chi connectivity index (χ0n) is 12.3. The van der Waals surface area contributed by atoms with Gasteiger partial charge in [-0.2, -0.15) is 0 Å². The van der Waals surface area contributed by atoms with Gasteiger partial charge in [0.25, 0.3) is 0 Å². The molecule has 0 radical (unpaired) electrons. The van der Waals surface area contributed by atoms with Gasteiger partial charge in [-0.1, -0.05) is 19.3 Å². The molecular formula is C15H31N3. The first kappa shape index (κ1) is 14.3. The highest BCUT2D eigenvalue weighted by molar-refractivity contribution is 4.87. The molecule has 1 aliphatic heterocycles. The van der Waals surface area contributed by atoms with Crippen molar-refractivity contribution in [3.63, 3.8) is 0 Å². The van der Waals surface area contributed by atoms with E-state index in [1.54, 1.807) is 0 Å². The Morgan fingerprint density at radius 2 is 1.83 bits per heavy atom. The Bertz CT molecular complexity index is 244. The van der Waals surface area contributed by atoms with Gasteiger partial charge in [-0.3, -0.25) is 4.90 Å². The van der Waals surface area contributed by atoms with Gasteiger partial charge >= 0.3 is 0 Å². The van der Waals surface area contributed by atoms with Crippen LogP contribution in [0.15, 0.2) is 0 Å². The standard InChI is InChI=1S/C15H31N3/c1-13-12-17(2)9-6-10-18(13)15-8-5-3-4-7-14(15)11-16/h13-15H,3-12,16H2,1-2H3. The summed E-state index contributed by atoms with van der Waals surface area (Å²) in [4.78, 5) is 5.27. The second kappa shape index (κ2) is 6.88. The van der Waals surface area contributed by atoms with Crippen LogP contribution in [0.5, 0.6) is 0 Å². The molecule has 1 aliphatic carbocycles. The van der Waals surface area contributed by atoms with E-state index in [1.165, 1.54) is 58.2 Å². The molecule has 2 N–H and O–H groups in total. The molecule has 1 heterocycles.